The molecule has 0 bridgehead atoms. The molecule has 2 aromatic rings. The molecule has 3 rings (SSSR count). The van der Waals surface area contributed by atoms with E-state index in [0.717, 1.165) is 31.2 Å². The van der Waals surface area contributed by atoms with Crippen LogP contribution in [0.5, 0.6) is 0 Å². The van der Waals surface area contributed by atoms with Crippen molar-refractivity contribution in [2.75, 3.05) is 36.6 Å². The molecule has 0 aliphatic carbocycles. The molecule has 2 heterocycles. The minimum Gasteiger partial charge on any atom is -0.378 e. The predicted molar refractivity (Wildman–Crippen MR) is 91.7 cm³/mol. The lowest BCUT2D eigenvalue weighted by Crippen LogP contribution is -2.35. The van der Waals surface area contributed by atoms with E-state index in [1.165, 1.54) is 17.1 Å². The fourth-order valence-corrected chi connectivity index (χ4v) is 3.12. The molecular weight excluding hydrogens is 316 g/mol. The number of nitrogens with one attached hydrogen (secondary N) is 1. The van der Waals surface area contributed by atoms with Gasteiger partial charge < -0.3 is 9.64 Å². The van der Waals surface area contributed by atoms with E-state index in [2.05, 4.69) is 21.5 Å². The molecule has 7 nitrogen and oxygen atoms in total. The van der Waals surface area contributed by atoms with Gasteiger partial charge in [0, 0.05) is 30.1 Å². The number of morpholine rings is 1. The van der Waals surface area contributed by atoms with E-state index in [1.54, 1.807) is 29.7 Å². The maximum absolute atomic E-state index is 10.6. The van der Waals surface area contributed by atoms with Crippen molar-refractivity contribution in [3.8, 4) is 0 Å². The van der Waals surface area contributed by atoms with Crippen LogP contribution in [0.2, 0.25) is 0 Å². The Hall–Kier alpha value is -2.45. The molecule has 1 aliphatic heterocycles. The molecule has 1 N–H and O–H groups in total. The van der Waals surface area contributed by atoms with Crippen LogP contribution in [0.15, 0.2) is 41.5 Å². The third-order valence-corrected chi connectivity index (χ3v) is 4.48. The van der Waals surface area contributed by atoms with Crippen molar-refractivity contribution >= 4 is 33.9 Å². The number of nitro groups is 1. The average molecular weight is 332 g/mol. The van der Waals surface area contributed by atoms with Gasteiger partial charge in [0.05, 0.1) is 35.0 Å². The van der Waals surface area contributed by atoms with E-state index in [0.29, 0.717) is 5.69 Å². The largest absolute Gasteiger partial charge is 0.378 e. The van der Waals surface area contributed by atoms with E-state index in [1.807, 2.05) is 6.07 Å². The number of ether oxygens (including phenoxy) is 1. The lowest BCUT2D eigenvalue weighted by molar-refractivity contribution is -0.384. The molecule has 0 atom stereocenters. The second kappa shape index (κ2) is 7.21. The van der Waals surface area contributed by atoms with Gasteiger partial charge in [0.2, 0.25) is 0 Å². The smallest absolute Gasteiger partial charge is 0.269 e. The van der Waals surface area contributed by atoms with Gasteiger partial charge in [-0.15, -0.1) is 11.3 Å². The number of nitrogens with zero attached hydrogens (tertiary/aromatic N) is 3. The van der Waals surface area contributed by atoms with Crippen molar-refractivity contribution in [3.05, 3.63) is 51.4 Å². The second-order valence-corrected chi connectivity index (χ2v) is 6.04. The molecule has 1 aromatic carbocycles. The first kappa shape index (κ1) is 15.4. The van der Waals surface area contributed by atoms with Gasteiger partial charge in [0.15, 0.2) is 0 Å². The van der Waals surface area contributed by atoms with Gasteiger partial charge in [0.1, 0.15) is 0 Å². The van der Waals surface area contributed by atoms with Crippen molar-refractivity contribution in [1.29, 1.82) is 0 Å². The average Bonchev–Trinajstić information content (AvgIpc) is 3.05. The standard InChI is InChI=1S/C15H16N4O3S/c20-19(21)13-3-1-12(2-4-13)17-16-11-14-5-6-15(23-14)18-7-9-22-10-8-18/h1-6,11,17H,7-10H2/b16-11-. The Balaban J connectivity index is 1.57. The highest BCUT2D eigenvalue weighted by Crippen LogP contribution is 2.25. The van der Waals surface area contributed by atoms with E-state index >= 15 is 0 Å². The van der Waals surface area contributed by atoms with Crippen LogP contribution in [0, 0.1) is 10.1 Å². The summed E-state index contributed by atoms with van der Waals surface area (Å²) in [6, 6.07) is 10.3. The highest BCUT2D eigenvalue weighted by molar-refractivity contribution is 7.17. The van der Waals surface area contributed by atoms with Crippen LogP contribution in [0.1, 0.15) is 4.88 Å². The minimum absolute atomic E-state index is 0.0629. The van der Waals surface area contributed by atoms with E-state index < -0.39 is 4.92 Å². The Kier molecular flexibility index (Phi) is 4.84. The van der Waals surface area contributed by atoms with Crippen LogP contribution >= 0.6 is 11.3 Å². The van der Waals surface area contributed by atoms with Crippen LogP contribution in [0.4, 0.5) is 16.4 Å². The fraction of sp³-hybridized carbons (Fsp3) is 0.267. The summed E-state index contributed by atoms with van der Waals surface area (Å²) in [4.78, 5) is 13.5. The van der Waals surface area contributed by atoms with Crippen LogP contribution in [0.25, 0.3) is 0 Å². The van der Waals surface area contributed by atoms with E-state index in [-0.39, 0.29) is 5.69 Å². The van der Waals surface area contributed by atoms with Gasteiger partial charge in [-0.3, -0.25) is 15.5 Å². The summed E-state index contributed by atoms with van der Waals surface area (Å²) in [5.41, 5.74) is 3.64. The number of rotatable bonds is 5. The first-order chi connectivity index (χ1) is 11.2. The summed E-state index contributed by atoms with van der Waals surface area (Å²) in [5, 5.41) is 16.0. The molecule has 0 saturated carbocycles. The lowest BCUT2D eigenvalue weighted by atomic mass is 10.3. The zero-order valence-corrected chi connectivity index (χ0v) is 13.2. The molecule has 8 heteroatoms. The molecule has 0 unspecified atom stereocenters. The number of thiophene rings is 1. The molecule has 1 aliphatic rings. The Morgan fingerprint density at radius 1 is 1.22 bits per heavy atom. The van der Waals surface area contributed by atoms with E-state index in [9.17, 15) is 10.1 Å². The molecule has 1 fully saturated rings. The predicted octanol–water partition coefficient (Wildman–Crippen LogP) is 2.94. The first-order valence-corrected chi connectivity index (χ1v) is 8.00. The number of anilines is 2. The van der Waals surface area contributed by atoms with Crippen molar-refractivity contribution in [3.63, 3.8) is 0 Å². The number of nitro benzene ring substituents is 1. The minimum atomic E-state index is -0.425. The normalized spacial score (nSPS) is 15.0. The number of hydrogen-bond donors (Lipinski definition) is 1. The highest BCUT2D eigenvalue weighted by atomic mass is 32.1. The van der Waals surface area contributed by atoms with Gasteiger partial charge >= 0.3 is 0 Å². The van der Waals surface area contributed by atoms with Gasteiger partial charge in [-0.1, -0.05) is 0 Å². The van der Waals surface area contributed by atoms with Crippen LogP contribution in [-0.4, -0.2) is 37.4 Å². The SMILES string of the molecule is O=[N+]([O-])c1ccc(N/N=C\c2ccc(N3CCOCC3)s2)cc1. The summed E-state index contributed by atoms with van der Waals surface area (Å²) in [5.74, 6) is 0. The summed E-state index contributed by atoms with van der Waals surface area (Å²) < 4.78 is 5.35. The molecule has 0 amide bonds. The Labute approximate surface area is 137 Å². The third-order valence-electron chi connectivity index (χ3n) is 3.40. The molecular formula is C15H16N4O3S. The zero-order chi connectivity index (χ0) is 16.1. The van der Waals surface area contributed by atoms with Crippen LogP contribution in [-0.2, 0) is 4.74 Å². The lowest BCUT2D eigenvalue weighted by Gasteiger charge is -2.27. The fourth-order valence-electron chi connectivity index (χ4n) is 2.19. The molecule has 0 spiro atoms. The maximum Gasteiger partial charge on any atom is 0.269 e. The molecule has 1 saturated heterocycles. The first-order valence-electron chi connectivity index (χ1n) is 7.18. The molecule has 0 radical (unpaired) electrons. The van der Waals surface area contributed by atoms with Gasteiger partial charge in [-0.2, -0.15) is 5.10 Å². The number of hydrogen-bond acceptors (Lipinski definition) is 7. The topological polar surface area (TPSA) is 80.0 Å². The maximum atomic E-state index is 10.6. The summed E-state index contributed by atoms with van der Waals surface area (Å²) in [6.45, 7) is 3.36. The molecule has 1 aromatic heterocycles. The highest BCUT2D eigenvalue weighted by Gasteiger charge is 2.12. The van der Waals surface area contributed by atoms with Crippen molar-refractivity contribution in [2.45, 2.75) is 0 Å². The van der Waals surface area contributed by atoms with Crippen LogP contribution < -0.4 is 10.3 Å². The molecule has 23 heavy (non-hydrogen) atoms. The van der Waals surface area contributed by atoms with Gasteiger partial charge in [0.25, 0.3) is 5.69 Å². The quantitative estimate of drug-likeness (QED) is 0.517. The van der Waals surface area contributed by atoms with Crippen molar-refractivity contribution < 1.29 is 9.66 Å². The summed E-state index contributed by atoms with van der Waals surface area (Å²) in [6.07, 6.45) is 1.75. The van der Waals surface area contributed by atoms with Gasteiger partial charge in [-0.25, -0.2) is 0 Å². The van der Waals surface area contributed by atoms with E-state index in [4.69, 9.17) is 4.74 Å². The zero-order valence-electron chi connectivity index (χ0n) is 12.3. The van der Waals surface area contributed by atoms with Crippen molar-refractivity contribution in [2.24, 2.45) is 5.10 Å². The number of non-ortho nitro benzene ring substituents is 1. The Bertz CT molecular complexity index is 693. The van der Waals surface area contributed by atoms with Gasteiger partial charge in [-0.05, 0) is 24.3 Å². The number of hydrazone groups is 1. The monoisotopic (exact) mass is 332 g/mol. The number of benzene rings is 1. The second-order valence-electron chi connectivity index (χ2n) is 4.95. The summed E-state index contributed by atoms with van der Waals surface area (Å²) >= 11 is 1.67. The third kappa shape index (κ3) is 4.05. The summed E-state index contributed by atoms with van der Waals surface area (Å²) in [7, 11) is 0. The Morgan fingerprint density at radius 2 is 1.96 bits per heavy atom. The van der Waals surface area contributed by atoms with Crippen molar-refractivity contribution in [1.82, 2.24) is 0 Å². The van der Waals surface area contributed by atoms with Crippen LogP contribution in [0.3, 0.4) is 0 Å². The Morgan fingerprint density at radius 3 is 2.65 bits per heavy atom. The molecule has 120 valence electrons.